The Morgan fingerprint density at radius 1 is 1.38 bits per heavy atom. The van der Waals surface area contributed by atoms with Crippen LogP contribution in [0.3, 0.4) is 0 Å². The van der Waals surface area contributed by atoms with Crippen molar-refractivity contribution in [3.8, 4) is 0 Å². The van der Waals surface area contributed by atoms with Crippen LogP contribution < -0.4 is 0 Å². The Morgan fingerprint density at radius 2 is 2.14 bits per heavy atom. The second-order valence-electron chi connectivity index (χ2n) is 4.59. The molecule has 1 amide bonds. The molecule has 4 nitrogen and oxygen atoms in total. The van der Waals surface area contributed by atoms with Crippen molar-refractivity contribution in [2.45, 2.75) is 6.54 Å². The number of nitrogens with one attached hydrogen (secondary N) is 1. The summed E-state index contributed by atoms with van der Waals surface area (Å²) in [5, 5.41) is 0. The number of H-pyrrole nitrogens is 1. The van der Waals surface area contributed by atoms with Gasteiger partial charge in [0.05, 0.1) is 26.2 Å². The number of aromatic amines is 1. The van der Waals surface area contributed by atoms with Gasteiger partial charge in [-0.1, -0.05) is 12.1 Å². The molecular weight excluding hydrogens is 418 g/mol. The summed E-state index contributed by atoms with van der Waals surface area (Å²) in [4.78, 5) is 22.4. The molecule has 0 bridgehead atoms. The maximum absolute atomic E-state index is 12.4. The molecule has 0 aliphatic carbocycles. The summed E-state index contributed by atoms with van der Waals surface area (Å²) in [5.74, 6) is 0.758. The number of hydrogen-bond donors (Lipinski definition) is 1. The summed E-state index contributed by atoms with van der Waals surface area (Å²) >= 11 is 8.22. The van der Waals surface area contributed by atoms with Crippen molar-refractivity contribution in [2.75, 3.05) is 7.05 Å². The van der Waals surface area contributed by atoms with E-state index in [0.29, 0.717) is 11.4 Å². The van der Waals surface area contributed by atoms with Gasteiger partial charge in [0, 0.05) is 11.5 Å². The van der Waals surface area contributed by atoms with Gasteiger partial charge in [0.25, 0.3) is 5.91 Å². The van der Waals surface area contributed by atoms with Gasteiger partial charge in [-0.3, -0.25) is 4.79 Å². The first-order valence-electron chi connectivity index (χ1n) is 6.18. The second-order valence-corrected chi connectivity index (χ2v) is 7.82. The molecule has 0 spiro atoms. The van der Waals surface area contributed by atoms with Crippen LogP contribution in [-0.2, 0) is 6.54 Å². The first-order valence-corrected chi connectivity index (χ1v) is 8.59. The Balaban J connectivity index is 1.79. The monoisotopic (exact) mass is 427 g/mol. The molecular formula is C14H11Br2N3OS. The summed E-state index contributed by atoms with van der Waals surface area (Å²) in [5.41, 5.74) is 1.89. The first-order chi connectivity index (χ1) is 10.0. The standard InChI is InChI=1S/C14H11Br2N3OS/c1-19(14(20)11-6-8(15)13(16)21-11)7-12-17-9-4-2-3-5-10(9)18-12/h2-6H,7H2,1H3,(H,17,18). The van der Waals surface area contributed by atoms with E-state index in [1.807, 2.05) is 30.3 Å². The Bertz CT molecular complexity index is 759. The van der Waals surface area contributed by atoms with Crippen LogP contribution in [0.1, 0.15) is 15.5 Å². The number of aromatic nitrogens is 2. The van der Waals surface area contributed by atoms with E-state index in [9.17, 15) is 4.79 Å². The van der Waals surface area contributed by atoms with Crippen molar-refractivity contribution in [3.63, 3.8) is 0 Å². The summed E-state index contributed by atoms with van der Waals surface area (Å²) in [7, 11) is 1.77. The highest BCUT2D eigenvalue weighted by Gasteiger charge is 2.17. The van der Waals surface area contributed by atoms with Crippen LogP contribution in [0.2, 0.25) is 0 Å². The number of rotatable bonds is 3. The summed E-state index contributed by atoms with van der Waals surface area (Å²) in [6.45, 7) is 0.445. The molecule has 0 saturated carbocycles. The SMILES string of the molecule is CN(Cc1nc2ccccc2[nH]1)C(=O)c1cc(Br)c(Br)s1. The third kappa shape index (κ3) is 3.04. The van der Waals surface area contributed by atoms with E-state index in [1.165, 1.54) is 11.3 Å². The van der Waals surface area contributed by atoms with E-state index in [4.69, 9.17) is 0 Å². The van der Waals surface area contributed by atoms with Gasteiger partial charge < -0.3 is 9.88 Å². The van der Waals surface area contributed by atoms with E-state index in [2.05, 4.69) is 41.8 Å². The fourth-order valence-electron chi connectivity index (χ4n) is 2.02. The van der Waals surface area contributed by atoms with Crippen molar-refractivity contribution >= 4 is 60.1 Å². The Hall–Kier alpha value is -1.18. The molecule has 7 heteroatoms. The number of fused-ring (bicyclic) bond motifs is 1. The lowest BCUT2D eigenvalue weighted by Crippen LogP contribution is -2.25. The van der Waals surface area contributed by atoms with Gasteiger partial charge in [-0.25, -0.2) is 4.98 Å². The zero-order chi connectivity index (χ0) is 15.0. The number of para-hydroxylation sites is 2. The molecule has 3 rings (SSSR count). The van der Waals surface area contributed by atoms with Crippen LogP contribution >= 0.6 is 43.2 Å². The molecule has 0 aliphatic rings. The van der Waals surface area contributed by atoms with Crippen molar-refractivity contribution < 1.29 is 4.79 Å². The van der Waals surface area contributed by atoms with Gasteiger partial charge in [-0.05, 0) is 50.1 Å². The number of carbonyl (C=O) groups is 1. The molecule has 0 atom stereocenters. The quantitative estimate of drug-likeness (QED) is 0.671. The molecule has 108 valence electrons. The maximum atomic E-state index is 12.4. The van der Waals surface area contributed by atoms with Crippen LogP contribution in [0.5, 0.6) is 0 Å². The molecule has 0 aliphatic heterocycles. The topological polar surface area (TPSA) is 49.0 Å². The predicted molar refractivity (Wildman–Crippen MR) is 91.6 cm³/mol. The lowest BCUT2D eigenvalue weighted by molar-refractivity contribution is 0.0786. The number of hydrogen-bond acceptors (Lipinski definition) is 3. The van der Waals surface area contributed by atoms with E-state index in [0.717, 1.165) is 25.1 Å². The van der Waals surface area contributed by atoms with Gasteiger partial charge in [0.1, 0.15) is 5.82 Å². The Labute approximate surface area is 142 Å². The van der Waals surface area contributed by atoms with Crippen LogP contribution in [0.15, 0.2) is 38.6 Å². The third-order valence-electron chi connectivity index (χ3n) is 3.03. The molecule has 3 aromatic rings. The molecule has 1 N–H and O–H groups in total. The van der Waals surface area contributed by atoms with E-state index in [1.54, 1.807) is 11.9 Å². The number of halogens is 2. The summed E-state index contributed by atoms with van der Waals surface area (Å²) in [6.07, 6.45) is 0. The predicted octanol–water partition coefficient (Wildman–Crippen LogP) is 4.42. The zero-order valence-electron chi connectivity index (χ0n) is 11.1. The van der Waals surface area contributed by atoms with Crippen LogP contribution in [0.25, 0.3) is 11.0 Å². The van der Waals surface area contributed by atoms with Gasteiger partial charge >= 0.3 is 0 Å². The third-order valence-corrected chi connectivity index (χ3v) is 6.27. The lowest BCUT2D eigenvalue weighted by atomic mass is 10.3. The number of carbonyl (C=O) groups excluding carboxylic acids is 1. The van der Waals surface area contributed by atoms with Crippen molar-refractivity contribution in [1.82, 2.24) is 14.9 Å². The van der Waals surface area contributed by atoms with Crippen LogP contribution in [0, 0.1) is 0 Å². The minimum Gasteiger partial charge on any atom is -0.340 e. The second kappa shape index (κ2) is 5.90. The lowest BCUT2D eigenvalue weighted by Gasteiger charge is -2.14. The van der Waals surface area contributed by atoms with Crippen molar-refractivity contribution in [2.24, 2.45) is 0 Å². The highest BCUT2D eigenvalue weighted by atomic mass is 79.9. The van der Waals surface area contributed by atoms with Crippen LogP contribution in [-0.4, -0.2) is 27.8 Å². The number of thiophene rings is 1. The summed E-state index contributed by atoms with van der Waals surface area (Å²) in [6, 6.07) is 9.65. The summed E-state index contributed by atoms with van der Waals surface area (Å²) < 4.78 is 1.82. The van der Waals surface area contributed by atoms with Crippen molar-refractivity contribution in [1.29, 1.82) is 0 Å². The molecule has 1 aromatic carbocycles. The fourth-order valence-corrected chi connectivity index (χ4v) is 4.05. The maximum Gasteiger partial charge on any atom is 0.264 e. The zero-order valence-corrected chi connectivity index (χ0v) is 15.0. The van der Waals surface area contributed by atoms with E-state index >= 15 is 0 Å². The van der Waals surface area contributed by atoms with Gasteiger partial charge in [0.15, 0.2) is 0 Å². The Morgan fingerprint density at radius 3 is 2.81 bits per heavy atom. The molecule has 0 radical (unpaired) electrons. The van der Waals surface area contributed by atoms with E-state index in [-0.39, 0.29) is 5.91 Å². The average Bonchev–Trinajstić information content (AvgIpc) is 3.01. The van der Waals surface area contributed by atoms with Gasteiger partial charge in [0.2, 0.25) is 0 Å². The smallest absolute Gasteiger partial charge is 0.264 e. The molecule has 0 unspecified atom stereocenters. The molecule has 21 heavy (non-hydrogen) atoms. The number of nitrogens with zero attached hydrogens (tertiary/aromatic N) is 2. The van der Waals surface area contributed by atoms with Crippen molar-refractivity contribution in [3.05, 3.63) is 49.3 Å². The highest BCUT2D eigenvalue weighted by Crippen LogP contribution is 2.33. The number of amides is 1. The van der Waals surface area contributed by atoms with Gasteiger partial charge in [-0.15, -0.1) is 11.3 Å². The number of imidazole rings is 1. The van der Waals surface area contributed by atoms with Crippen LogP contribution in [0.4, 0.5) is 0 Å². The Kier molecular flexibility index (Phi) is 4.14. The highest BCUT2D eigenvalue weighted by molar-refractivity contribution is 9.13. The molecule has 0 saturated heterocycles. The normalized spacial score (nSPS) is 11.0. The average molecular weight is 429 g/mol. The van der Waals surface area contributed by atoms with Gasteiger partial charge in [-0.2, -0.15) is 0 Å². The fraction of sp³-hybridized carbons (Fsp3) is 0.143. The number of benzene rings is 1. The van der Waals surface area contributed by atoms with E-state index < -0.39 is 0 Å². The molecule has 2 aromatic heterocycles. The molecule has 2 heterocycles. The minimum absolute atomic E-state index is 0.0214. The first kappa shape index (κ1) is 14.7. The largest absolute Gasteiger partial charge is 0.340 e. The molecule has 0 fully saturated rings. The minimum atomic E-state index is -0.0214.